The summed E-state index contributed by atoms with van der Waals surface area (Å²) in [5.74, 6) is -2.10. The molecule has 0 aromatic rings. The van der Waals surface area contributed by atoms with Crippen LogP contribution in [0.15, 0.2) is 47.1 Å². The molecule has 0 aromatic heterocycles. The number of esters is 1. The molecule has 0 amide bonds. The molecule has 14 heteroatoms. The molecule has 350 valence electrons. The first-order valence-corrected chi connectivity index (χ1v) is 23.2. The van der Waals surface area contributed by atoms with Gasteiger partial charge in [-0.25, -0.2) is 0 Å². The molecule has 6 heterocycles. The lowest BCUT2D eigenvalue weighted by Crippen LogP contribution is -2.58. The molecule has 7 rings (SSSR count). The van der Waals surface area contributed by atoms with Crippen molar-refractivity contribution in [1.29, 1.82) is 0 Å². The van der Waals surface area contributed by atoms with Crippen molar-refractivity contribution in [1.82, 2.24) is 0 Å². The van der Waals surface area contributed by atoms with E-state index in [2.05, 4.69) is 40.7 Å². The number of carbonyl (C=O) groups is 1. The summed E-state index contributed by atoms with van der Waals surface area (Å²) in [6.45, 7) is 16.3. The third kappa shape index (κ3) is 9.73. The number of hydrogen-bond donors (Lipinski definition) is 3. The largest absolute Gasteiger partial charge is 0.462 e. The van der Waals surface area contributed by atoms with Crippen LogP contribution in [0, 0.1) is 23.7 Å². The van der Waals surface area contributed by atoms with E-state index in [1.807, 2.05) is 19.1 Å². The van der Waals surface area contributed by atoms with Crippen molar-refractivity contribution >= 4 is 5.97 Å². The Morgan fingerprint density at radius 3 is 2.35 bits per heavy atom. The van der Waals surface area contributed by atoms with Gasteiger partial charge in [0.25, 0.3) is 0 Å². The quantitative estimate of drug-likeness (QED) is 0.204. The Hall–Kier alpha value is -2.05. The second kappa shape index (κ2) is 19.8. The van der Waals surface area contributed by atoms with Gasteiger partial charge in [-0.2, -0.15) is 0 Å². The zero-order chi connectivity index (χ0) is 44.7. The Morgan fingerprint density at radius 2 is 1.63 bits per heavy atom. The zero-order valence-electron chi connectivity index (χ0n) is 38.5. The summed E-state index contributed by atoms with van der Waals surface area (Å²) in [7, 11) is 3.23. The number of carbonyl (C=O) groups excluding carboxylic acids is 1. The lowest BCUT2D eigenvalue weighted by atomic mass is 9.71. The van der Waals surface area contributed by atoms with E-state index in [-0.39, 0.29) is 30.8 Å². The van der Waals surface area contributed by atoms with Crippen LogP contribution in [0.1, 0.15) is 107 Å². The molecule has 1 spiro atoms. The molecule has 3 N–H and O–H groups in total. The minimum absolute atomic E-state index is 0.00708. The number of allylic oxidation sites excluding steroid dienone is 2. The monoisotopic (exact) mass is 875 g/mol. The van der Waals surface area contributed by atoms with Crippen molar-refractivity contribution in [2.75, 3.05) is 20.8 Å². The van der Waals surface area contributed by atoms with Crippen molar-refractivity contribution in [2.24, 2.45) is 23.7 Å². The minimum atomic E-state index is -1.82. The van der Waals surface area contributed by atoms with Gasteiger partial charge >= 0.3 is 5.97 Å². The first-order valence-electron chi connectivity index (χ1n) is 23.2. The van der Waals surface area contributed by atoms with Gasteiger partial charge in [0.15, 0.2) is 18.4 Å². The van der Waals surface area contributed by atoms with Crippen molar-refractivity contribution in [3.8, 4) is 0 Å². The van der Waals surface area contributed by atoms with Crippen molar-refractivity contribution in [3.05, 3.63) is 47.1 Å². The number of fused-ring (bicyclic) bond motifs is 2. The Labute approximate surface area is 368 Å². The maximum atomic E-state index is 14.4. The van der Waals surface area contributed by atoms with E-state index in [0.717, 1.165) is 18.4 Å². The first kappa shape index (κ1) is 47.9. The van der Waals surface area contributed by atoms with Gasteiger partial charge in [0, 0.05) is 52.2 Å². The minimum Gasteiger partial charge on any atom is -0.462 e. The lowest BCUT2D eigenvalue weighted by molar-refractivity contribution is -0.340. The highest BCUT2D eigenvalue weighted by atomic mass is 16.7. The van der Waals surface area contributed by atoms with Crippen molar-refractivity contribution in [2.45, 2.75) is 204 Å². The van der Waals surface area contributed by atoms with E-state index in [1.54, 1.807) is 40.2 Å². The maximum Gasteiger partial charge on any atom is 0.316 e. The molecular weight excluding hydrogens is 801 g/mol. The highest BCUT2D eigenvalue weighted by Crippen LogP contribution is 2.48. The van der Waals surface area contributed by atoms with Crippen LogP contribution in [0.25, 0.3) is 0 Å². The smallest absolute Gasteiger partial charge is 0.316 e. The standard InChI is InChI=1S/C48H74O14/c1-11-25(2)43-28(5)17-18-47(62-43)23-34-20-33(61-47)16-15-27(4)42(26(3)13-12-14-32-24-55-45-40(49)29(6)19-35(46(51)58-34)48(32,45)52)59-39-22-37(54-10)44(31(8)57-39)60-38-21-36(53-9)41(50)30(7)56-38/h12-15,19,25-26,28,30-31,33-45,49-50,52H,11,16-18,20-24H2,1-10H3/t25-,26-,28-,30-,31-,33+,34-,35-,36-,37-,38-,39-,40+,41-,42-,43+,44?,45+,47+,48+/m0/s1. The highest BCUT2D eigenvalue weighted by molar-refractivity contribution is 5.78. The molecule has 20 atom stereocenters. The van der Waals surface area contributed by atoms with E-state index in [1.165, 1.54) is 0 Å². The molecule has 5 saturated heterocycles. The van der Waals surface area contributed by atoms with E-state index >= 15 is 0 Å². The van der Waals surface area contributed by atoms with Crippen LogP contribution in [-0.2, 0) is 52.2 Å². The molecule has 5 fully saturated rings. The van der Waals surface area contributed by atoms with E-state index in [0.29, 0.717) is 61.5 Å². The van der Waals surface area contributed by atoms with Crippen LogP contribution in [0.3, 0.4) is 0 Å². The second-order valence-corrected chi connectivity index (χ2v) is 19.4. The Bertz CT molecular complexity index is 1680. The van der Waals surface area contributed by atoms with Crippen molar-refractivity contribution in [3.63, 3.8) is 0 Å². The van der Waals surface area contributed by atoms with E-state index < -0.39 is 90.8 Å². The highest BCUT2D eigenvalue weighted by Gasteiger charge is 2.60. The van der Waals surface area contributed by atoms with Crippen LogP contribution >= 0.6 is 0 Å². The summed E-state index contributed by atoms with van der Waals surface area (Å²) >= 11 is 0. The fourth-order valence-electron chi connectivity index (χ4n) is 11.0. The zero-order valence-corrected chi connectivity index (χ0v) is 38.5. The van der Waals surface area contributed by atoms with Gasteiger partial charge in [-0.1, -0.05) is 64.5 Å². The molecule has 62 heavy (non-hydrogen) atoms. The molecule has 1 aliphatic carbocycles. The SMILES string of the molecule is CC[C@H](C)[C@H]1O[C@]2(CC[C@@H]1C)C[C@@H]1C[C@@H](CC=C(C)[C@@H](O[C@H]3C[C@H](OC)C(O[C@H]4C[C@H](OC)[C@@H](O)[C@H](C)O4)[C@H](C)O3)[C@@H](C)C=CC=C3CO[C@@H]4[C@H](O)C(C)=C[C@@H](C(=O)O1)[C@]34O)O2. The third-order valence-corrected chi connectivity index (χ3v) is 14.9. The van der Waals surface area contributed by atoms with Gasteiger partial charge in [-0.3, -0.25) is 4.79 Å². The van der Waals surface area contributed by atoms with Gasteiger partial charge in [0.1, 0.15) is 42.0 Å². The van der Waals surface area contributed by atoms with Crippen LogP contribution in [0.4, 0.5) is 0 Å². The summed E-state index contributed by atoms with van der Waals surface area (Å²) in [4.78, 5) is 14.4. The van der Waals surface area contributed by atoms with Crippen molar-refractivity contribution < 1.29 is 67.5 Å². The van der Waals surface area contributed by atoms with Gasteiger partial charge < -0.3 is 62.7 Å². The topological polar surface area (TPSA) is 170 Å². The average Bonchev–Trinajstić information content (AvgIpc) is 3.58. The average molecular weight is 875 g/mol. The fourth-order valence-corrected chi connectivity index (χ4v) is 11.0. The van der Waals surface area contributed by atoms with E-state index in [9.17, 15) is 20.1 Å². The first-order chi connectivity index (χ1) is 29.5. The summed E-state index contributed by atoms with van der Waals surface area (Å²) in [6.07, 6.45) is 6.53. The van der Waals surface area contributed by atoms with Gasteiger partial charge in [0.05, 0.1) is 49.3 Å². The molecule has 14 nitrogen and oxygen atoms in total. The molecule has 0 radical (unpaired) electrons. The molecule has 6 aliphatic heterocycles. The maximum absolute atomic E-state index is 14.4. The normalized spacial score (nSPS) is 47.2. The van der Waals surface area contributed by atoms with Gasteiger partial charge in [0.2, 0.25) is 0 Å². The Morgan fingerprint density at radius 1 is 0.919 bits per heavy atom. The molecule has 2 bridgehead atoms. The predicted molar refractivity (Wildman–Crippen MR) is 227 cm³/mol. The second-order valence-electron chi connectivity index (χ2n) is 19.4. The summed E-state index contributed by atoms with van der Waals surface area (Å²) in [6, 6.07) is 0. The summed E-state index contributed by atoms with van der Waals surface area (Å²) in [5.41, 5.74) is 0.188. The fraction of sp³-hybridized carbons (Fsp3) is 0.812. The molecule has 0 aromatic carbocycles. The van der Waals surface area contributed by atoms with E-state index in [4.69, 9.17) is 47.4 Å². The van der Waals surface area contributed by atoms with Gasteiger partial charge in [-0.05, 0) is 69.1 Å². The number of hydrogen-bond acceptors (Lipinski definition) is 14. The summed E-state index contributed by atoms with van der Waals surface area (Å²) in [5, 5.41) is 34.2. The summed E-state index contributed by atoms with van der Waals surface area (Å²) < 4.78 is 63.9. The molecule has 1 unspecified atom stereocenters. The number of rotatable bonds is 8. The number of aliphatic hydroxyl groups is 3. The molecule has 0 saturated carbocycles. The number of methoxy groups -OCH3 is 2. The third-order valence-electron chi connectivity index (χ3n) is 14.9. The number of ether oxygens (including phenoxy) is 10. The van der Waals surface area contributed by atoms with Crippen LogP contribution in [-0.4, -0.2) is 139 Å². The predicted octanol–water partition coefficient (Wildman–Crippen LogP) is 5.60. The van der Waals surface area contributed by atoms with Crippen LogP contribution in [0.5, 0.6) is 0 Å². The van der Waals surface area contributed by atoms with Crippen LogP contribution in [0.2, 0.25) is 0 Å². The van der Waals surface area contributed by atoms with Gasteiger partial charge in [-0.15, -0.1) is 0 Å². The van der Waals surface area contributed by atoms with Crippen LogP contribution < -0.4 is 0 Å². The lowest BCUT2D eigenvalue weighted by Gasteiger charge is -2.51. The Kier molecular flexibility index (Phi) is 15.3. The number of aliphatic hydroxyl groups excluding tert-OH is 2. The molecular formula is C48H74O14. The Balaban J connectivity index is 1.18. The molecule has 7 aliphatic rings.